The molecule has 1 aromatic heterocycles. The number of halogens is 2. The fraction of sp³-hybridized carbons (Fsp3) is 0.0667. The van der Waals surface area contributed by atoms with Gasteiger partial charge in [0.2, 0.25) is 0 Å². The van der Waals surface area contributed by atoms with Crippen LogP contribution in [0.15, 0.2) is 53.6 Å². The minimum absolute atomic E-state index is 0.0789. The molecule has 22 heavy (non-hydrogen) atoms. The SMILES string of the molecule is COc1ccc2c(ccn2S(=O)(=O)c2ccc(Cl)c(Cl)c2)c1. The first-order valence-corrected chi connectivity index (χ1v) is 8.49. The van der Waals surface area contributed by atoms with Crippen molar-refractivity contribution >= 4 is 44.1 Å². The van der Waals surface area contributed by atoms with Crippen LogP contribution in [0, 0.1) is 0 Å². The number of methoxy groups -OCH3 is 1. The van der Waals surface area contributed by atoms with Crippen molar-refractivity contribution in [3.8, 4) is 5.75 Å². The molecule has 0 spiro atoms. The fourth-order valence-electron chi connectivity index (χ4n) is 2.18. The van der Waals surface area contributed by atoms with E-state index in [1.54, 1.807) is 31.4 Å². The fourth-order valence-corrected chi connectivity index (χ4v) is 3.93. The number of hydrogen-bond acceptors (Lipinski definition) is 3. The zero-order valence-electron chi connectivity index (χ0n) is 11.5. The first-order chi connectivity index (χ1) is 10.4. The predicted octanol–water partition coefficient (Wildman–Crippen LogP) is 4.19. The zero-order chi connectivity index (χ0) is 15.9. The Balaban J connectivity index is 2.18. The van der Waals surface area contributed by atoms with E-state index < -0.39 is 10.0 Å². The van der Waals surface area contributed by atoms with Crippen molar-refractivity contribution in [3.63, 3.8) is 0 Å². The lowest BCUT2D eigenvalue weighted by Gasteiger charge is -2.09. The van der Waals surface area contributed by atoms with E-state index in [4.69, 9.17) is 27.9 Å². The number of nitrogens with zero attached hydrogens (tertiary/aromatic N) is 1. The molecule has 4 nitrogen and oxygen atoms in total. The molecule has 3 aromatic rings. The Morgan fingerprint density at radius 2 is 1.77 bits per heavy atom. The molecule has 114 valence electrons. The summed E-state index contributed by atoms with van der Waals surface area (Å²) in [6.45, 7) is 0. The van der Waals surface area contributed by atoms with Crippen LogP contribution in [0.2, 0.25) is 10.0 Å². The zero-order valence-corrected chi connectivity index (χ0v) is 13.8. The molecule has 0 N–H and O–H groups in total. The molecule has 0 saturated heterocycles. The lowest BCUT2D eigenvalue weighted by atomic mass is 10.2. The number of benzene rings is 2. The van der Waals surface area contributed by atoms with Gasteiger partial charge in [-0.3, -0.25) is 0 Å². The van der Waals surface area contributed by atoms with Crippen molar-refractivity contribution in [2.24, 2.45) is 0 Å². The van der Waals surface area contributed by atoms with Gasteiger partial charge in [-0.2, -0.15) is 0 Å². The summed E-state index contributed by atoms with van der Waals surface area (Å²) in [7, 11) is -2.19. The van der Waals surface area contributed by atoms with Gasteiger partial charge in [0, 0.05) is 11.6 Å². The summed E-state index contributed by atoms with van der Waals surface area (Å²) in [5.41, 5.74) is 0.562. The Labute approximate surface area is 137 Å². The maximum Gasteiger partial charge on any atom is 0.268 e. The summed E-state index contributed by atoms with van der Waals surface area (Å²) in [5, 5.41) is 1.27. The van der Waals surface area contributed by atoms with Gasteiger partial charge < -0.3 is 4.74 Å². The molecule has 0 aliphatic carbocycles. The van der Waals surface area contributed by atoms with E-state index in [0.717, 1.165) is 5.39 Å². The van der Waals surface area contributed by atoms with Gasteiger partial charge in [-0.1, -0.05) is 23.2 Å². The van der Waals surface area contributed by atoms with Crippen molar-refractivity contribution in [1.29, 1.82) is 0 Å². The third-order valence-corrected chi connectivity index (χ3v) is 5.73. The summed E-state index contributed by atoms with van der Waals surface area (Å²) < 4.78 is 31.9. The van der Waals surface area contributed by atoms with E-state index in [2.05, 4.69) is 0 Å². The Morgan fingerprint density at radius 1 is 1.00 bits per heavy atom. The van der Waals surface area contributed by atoms with E-state index in [1.807, 2.05) is 0 Å². The van der Waals surface area contributed by atoms with Gasteiger partial charge >= 0.3 is 0 Å². The molecule has 0 radical (unpaired) electrons. The van der Waals surface area contributed by atoms with Crippen LogP contribution in [-0.2, 0) is 10.0 Å². The minimum Gasteiger partial charge on any atom is -0.497 e. The first kappa shape index (κ1) is 15.2. The second kappa shape index (κ2) is 5.50. The molecule has 1 heterocycles. The molecule has 0 aliphatic heterocycles. The first-order valence-electron chi connectivity index (χ1n) is 6.29. The Kier molecular flexibility index (Phi) is 3.80. The Bertz CT molecular complexity index is 964. The van der Waals surface area contributed by atoms with Gasteiger partial charge in [-0.25, -0.2) is 12.4 Å². The van der Waals surface area contributed by atoms with Crippen molar-refractivity contribution in [2.45, 2.75) is 4.90 Å². The van der Waals surface area contributed by atoms with E-state index in [9.17, 15) is 8.42 Å². The minimum atomic E-state index is -3.75. The van der Waals surface area contributed by atoms with Crippen LogP contribution in [0.4, 0.5) is 0 Å². The molecule has 0 aliphatic rings. The highest BCUT2D eigenvalue weighted by molar-refractivity contribution is 7.90. The van der Waals surface area contributed by atoms with Crippen LogP contribution >= 0.6 is 23.2 Å². The van der Waals surface area contributed by atoms with Gasteiger partial charge in [-0.15, -0.1) is 0 Å². The second-order valence-electron chi connectivity index (χ2n) is 4.62. The smallest absolute Gasteiger partial charge is 0.268 e. The highest BCUT2D eigenvalue weighted by Crippen LogP contribution is 2.29. The average molecular weight is 356 g/mol. The molecule has 7 heteroatoms. The highest BCUT2D eigenvalue weighted by Gasteiger charge is 2.20. The van der Waals surface area contributed by atoms with Crippen LogP contribution in [0.1, 0.15) is 0 Å². The molecule has 2 aromatic carbocycles. The summed E-state index contributed by atoms with van der Waals surface area (Å²) in [6.07, 6.45) is 1.50. The topological polar surface area (TPSA) is 48.3 Å². The number of ether oxygens (including phenoxy) is 1. The predicted molar refractivity (Wildman–Crippen MR) is 87.5 cm³/mol. The summed E-state index contributed by atoms with van der Waals surface area (Å²) in [5.74, 6) is 0.664. The van der Waals surface area contributed by atoms with Crippen molar-refractivity contribution < 1.29 is 13.2 Å². The van der Waals surface area contributed by atoms with E-state index in [1.165, 1.54) is 28.4 Å². The summed E-state index contributed by atoms with van der Waals surface area (Å²) in [6, 6.07) is 11.1. The van der Waals surface area contributed by atoms with E-state index in [-0.39, 0.29) is 9.92 Å². The quantitative estimate of drug-likeness (QED) is 0.707. The normalized spacial score (nSPS) is 11.8. The lowest BCUT2D eigenvalue weighted by Crippen LogP contribution is -2.11. The third kappa shape index (κ3) is 2.45. The maximum atomic E-state index is 12.8. The van der Waals surface area contributed by atoms with Gasteiger partial charge in [0.05, 0.1) is 27.6 Å². The molecule has 0 amide bonds. The Morgan fingerprint density at radius 3 is 2.45 bits per heavy atom. The molecule has 0 bridgehead atoms. The van der Waals surface area contributed by atoms with Crippen molar-refractivity contribution in [3.05, 3.63) is 58.7 Å². The second-order valence-corrected chi connectivity index (χ2v) is 7.25. The Hall–Kier alpha value is -1.69. The van der Waals surface area contributed by atoms with Gasteiger partial charge in [0.15, 0.2) is 0 Å². The third-order valence-electron chi connectivity index (χ3n) is 3.31. The van der Waals surface area contributed by atoms with Gasteiger partial charge in [0.1, 0.15) is 5.75 Å². The van der Waals surface area contributed by atoms with E-state index in [0.29, 0.717) is 16.3 Å². The molecule has 0 fully saturated rings. The standard InChI is InChI=1S/C15H11Cl2NO3S/c1-21-11-2-5-15-10(8-11)6-7-18(15)22(19,20)12-3-4-13(16)14(17)9-12/h2-9H,1H3. The highest BCUT2D eigenvalue weighted by atomic mass is 35.5. The lowest BCUT2D eigenvalue weighted by molar-refractivity contribution is 0.415. The van der Waals surface area contributed by atoms with Gasteiger partial charge in [0.25, 0.3) is 10.0 Å². The molecule has 0 saturated carbocycles. The molecular formula is C15H11Cl2NO3S. The molecule has 0 unspecified atom stereocenters. The molecular weight excluding hydrogens is 345 g/mol. The monoisotopic (exact) mass is 355 g/mol. The summed E-state index contributed by atoms with van der Waals surface area (Å²) in [4.78, 5) is 0.0789. The van der Waals surface area contributed by atoms with Crippen molar-refractivity contribution in [2.75, 3.05) is 7.11 Å². The largest absolute Gasteiger partial charge is 0.497 e. The van der Waals surface area contributed by atoms with E-state index >= 15 is 0 Å². The maximum absolute atomic E-state index is 12.8. The summed E-state index contributed by atoms with van der Waals surface area (Å²) >= 11 is 11.8. The van der Waals surface area contributed by atoms with Crippen LogP contribution in [0.25, 0.3) is 10.9 Å². The number of fused-ring (bicyclic) bond motifs is 1. The molecule has 0 atom stereocenters. The van der Waals surface area contributed by atoms with Gasteiger partial charge in [-0.05, 0) is 42.5 Å². The average Bonchev–Trinajstić information content (AvgIpc) is 2.93. The molecule has 3 rings (SSSR count). The number of aromatic nitrogens is 1. The number of rotatable bonds is 3. The van der Waals surface area contributed by atoms with Crippen LogP contribution < -0.4 is 4.74 Å². The van der Waals surface area contributed by atoms with Crippen LogP contribution in [0.5, 0.6) is 5.75 Å². The van der Waals surface area contributed by atoms with Crippen LogP contribution in [-0.4, -0.2) is 19.5 Å². The van der Waals surface area contributed by atoms with Crippen molar-refractivity contribution in [1.82, 2.24) is 3.97 Å². The number of hydrogen-bond donors (Lipinski definition) is 0. The van der Waals surface area contributed by atoms with Crippen LogP contribution in [0.3, 0.4) is 0 Å².